The zero-order valence-corrected chi connectivity index (χ0v) is 12.1. The van der Waals surface area contributed by atoms with Gasteiger partial charge in [0.25, 0.3) is 0 Å². The monoisotopic (exact) mass is 268 g/mol. The summed E-state index contributed by atoms with van der Waals surface area (Å²) in [4.78, 5) is 4.44. The fourth-order valence-corrected chi connectivity index (χ4v) is 2.60. The maximum Gasteiger partial charge on any atom is 0.227 e. The van der Waals surface area contributed by atoms with Gasteiger partial charge in [0, 0.05) is 13.5 Å². The lowest BCUT2D eigenvalue weighted by Gasteiger charge is -2.26. The molecule has 1 aromatic heterocycles. The summed E-state index contributed by atoms with van der Waals surface area (Å²) in [6, 6.07) is 0. The van der Waals surface area contributed by atoms with Crippen LogP contribution in [0, 0.1) is 5.92 Å². The van der Waals surface area contributed by atoms with Crippen LogP contribution < -0.4 is 0 Å². The van der Waals surface area contributed by atoms with Gasteiger partial charge in [0.2, 0.25) is 11.7 Å². The fraction of sp³-hybridized carbons (Fsp3) is 0.857. The van der Waals surface area contributed by atoms with E-state index in [2.05, 4.69) is 10.1 Å². The topological polar surface area (TPSA) is 68.4 Å². The summed E-state index contributed by atoms with van der Waals surface area (Å²) in [7, 11) is 1.66. The Morgan fingerprint density at radius 1 is 1.42 bits per heavy atom. The Bertz CT molecular complexity index is 401. The van der Waals surface area contributed by atoms with Gasteiger partial charge in [0.1, 0.15) is 5.60 Å². The van der Waals surface area contributed by atoms with Gasteiger partial charge >= 0.3 is 0 Å². The molecular formula is C14H24N2O3. The number of hydrogen-bond donors (Lipinski definition) is 1. The second kappa shape index (κ2) is 6.01. The third-order valence-electron chi connectivity index (χ3n) is 4.37. The standard InChI is InChI=1S/C14H24N2O3/c1-4-14(2,18-3)13-15-12(19-16-13)9-10-7-5-6-8-11(10)17/h10-11,17H,4-9H2,1-3H3. The van der Waals surface area contributed by atoms with Crippen LogP contribution >= 0.6 is 0 Å². The minimum Gasteiger partial charge on any atom is -0.393 e. The highest BCUT2D eigenvalue weighted by Gasteiger charge is 2.31. The van der Waals surface area contributed by atoms with Crippen molar-refractivity contribution in [3.8, 4) is 0 Å². The Balaban J connectivity index is 2.04. The predicted molar refractivity (Wildman–Crippen MR) is 70.6 cm³/mol. The van der Waals surface area contributed by atoms with Crippen LogP contribution in [0.25, 0.3) is 0 Å². The van der Waals surface area contributed by atoms with Crippen LogP contribution in [0.5, 0.6) is 0 Å². The van der Waals surface area contributed by atoms with Gasteiger partial charge in [-0.2, -0.15) is 4.98 Å². The van der Waals surface area contributed by atoms with Crippen LogP contribution in [0.4, 0.5) is 0 Å². The van der Waals surface area contributed by atoms with Crippen molar-refractivity contribution in [1.82, 2.24) is 10.1 Å². The van der Waals surface area contributed by atoms with Crippen LogP contribution in [0.1, 0.15) is 57.7 Å². The molecule has 3 atom stereocenters. The smallest absolute Gasteiger partial charge is 0.227 e. The Labute approximate surface area is 114 Å². The van der Waals surface area contributed by atoms with Crippen molar-refractivity contribution in [3.05, 3.63) is 11.7 Å². The van der Waals surface area contributed by atoms with Gasteiger partial charge in [-0.1, -0.05) is 24.9 Å². The Hall–Kier alpha value is -0.940. The van der Waals surface area contributed by atoms with Crippen LogP contribution in [0.15, 0.2) is 4.52 Å². The molecule has 0 amide bonds. The van der Waals surface area contributed by atoms with E-state index in [-0.39, 0.29) is 12.0 Å². The molecule has 0 spiro atoms. The molecule has 1 aliphatic rings. The quantitative estimate of drug-likeness (QED) is 0.888. The number of rotatable bonds is 5. The van der Waals surface area contributed by atoms with Gasteiger partial charge in [-0.15, -0.1) is 0 Å². The molecule has 3 unspecified atom stereocenters. The van der Waals surface area contributed by atoms with E-state index in [1.807, 2.05) is 13.8 Å². The third-order valence-corrected chi connectivity index (χ3v) is 4.37. The van der Waals surface area contributed by atoms with E-state index in [1.165, 1.54) is 6.42 Å². The van der Waals surface area contributed by atoms with Gasteiger partial charge in [0.05, 0.1) is 6.10 Å². The average molecular weight is 268 g/mol. The summed E-state index contributed by atoms with van der Waals surface area (Å²) in [6.45, 7) is 3.99. The lowest BCUT2D eigenvalue weighted by Crippen LogP contribution is -2.27. The fourth-order valence-electron chi connectivity index (χ4n) is 2.60. The van der Waals surface area contributed by atoms with Gasteiger partial charge in [-0.05, 0) is 32.1 Å². The second-order valence-corrected chi connectivity index (χ2v) is 5.62. The van der Waals surface area contributed by atoms with Gasteiger partial charge < -0.3 is 14.4 Å². The zero-order valence-electron chi connectivity index (χ0n) is 12.1. The summed E-state index contributed by atoms with van der Waals surface area (Å²) in [5.41, 5.74) is -0.493. The van der Waals surface area contributed by atoms with Crippen LogP contribution in [0.2, 0.25) is 0 Å². The van der Waals surface area contributed by atoms with Gasteiger partial charge in [0.15, 0.2) is 0 Å². The first kappa shape index (κ1) is 14.5. The number of nitrogens with zero attached hydrogens (tertiary/aromatic N) is 2. The SMILES string of the molecule is CCC(C)(OC)c1noc(CC2CCCCC2O)n1. The molecule has 2 rings (SSSR count). The molecule has 0 aliphatic heterocycles. The highest BCUT2D eigenvalue weighted by atomic mass is 16.5. The predicted octanol–water partition coefficient (Wildman–Crippen LogP) is 2.43. The van der Waals surface area contributed by atoms with Gasteiger partial charge in [-0.25, -0.2) is 0 Å². The van der Waals surface area contributed by atoms with E-state index in [0.29, 0.717) is 18.1 Å². The maximum absolute atomic E-state index is 9.97. The lowest BCUT2D eigenvalue weighted by atomic mass is 9.84. The Morgan fingerprint density at radius 2 is 2.16 bits per heavy atom. The molecule has 5 nitrogen and oxygen atoms in total. The molecule has 1 saturated carbocycles. The first-order chi connectivity index (χ1) is 9.09. The molecule has 108 valence electrons. The molecule has 1 aromatic rings. The van der Waals surface area contributed by atoms with Crippen LogP contribution in [-0.4, -0.2) is 28.5 Å². The van der Waals surface area contributed by atoms with E-state index in [1.54, 1.807) is 7.11 Å². The maximum atomic E-state index is 9.97. The molecule has 0 saturated heterocycles. The molecule has 1 fully saturated rings. The van der Waals surface area contributed by atoms with Crippen LogP contribution in [-0.2, 0) is 16.8 Å². The summed E-state index contributed by atoms with van der Waals surface area (Å²) in [5, 5.41) is 14.0. The van der Waals surface area contributed by atoms with Crippen molar-refractivity contribution >= 4 is 0 Å². The third kappa shape index (κ3) is 3.15. The van der Waals surface area contributed by atoms with Crippen molar-refractivity contribution in [2.45, 2.75) is 64.1 Å². The van der Waals surface area contributed by atoms with E-state index < -0.39 is 5.60 Å². The summed E-state index contributed by atoms with van der Waals surface area (Å²) in [5.74, 6) is 1.45. The molecule has 1 N–H and O–H groups in total. The second-order valence-electron chi connectivity index (χ2n) is 5.62. The van der Waals surface area contributed by atoms with Crippen molar-refractivity contribution in [2.24, 2.45) is 5.92 Å². The number of hydrogen-bond acceptors (Lipinski definition) is 5. The molecule has 19 heavy (non-hydrogen) atoms. The highest BCUT2D eigenvalue weighted by Crippen LogP contribution is 2.29. The summed E-state index contributed by atoms with van der Waals surface area (Å²) >= 11 is 0. The van der Waals surface area contributed by atoms with Crippen molar-refractivity contribution in [1.29, 1.82) is 0 Å². The number of aliphatic hydroxyl groups excluding tert-OH is 1. The molecule has 5 heteroatoms. The highest BCUT2D eigenvalue weighted by molar-refractivity contribution is 5.00. The molecule has 1 aliphatic carbocycles. The van der Waals surface area contributed by atoms with Crippen LogP contribution in [0.3, 0.4) is 0 Å². The average Bonchev–Trinajstić information content (AvgIpc) is 2.90. The Kier molecular flexibility index (Phi) is 4.58. The molecule has 1 heterocycles. The van der Waals surface area contributed by atoms with E-state index >= 15 is 0 Å². The van der Waals surface area contributed by atoms with E-state index in [4.69, 9.17) is 9.26 Å². The van der Waals surface area contributed by atoms with E-state index in [0.717, 1.165) is 25.7 Å². The molecule has 0 radical (unpaired) electrons. The lowest BCUT2D eigenvalue weighted by molar-refractivity contribution is -0.0106. The number of ether oxygens (including phenoxy) is 1. The van der Waals surface area contributed by atoms with Crippen molar-refractivity contribution in [2.75, 3.05) is 7.11 Å². The normalized spacial score (nSPS) is 27.2. The number of aromatic nitrogens is 2. The largest absolute Gasteiger partial charge is 0.393 e. The first-order valence-electron chi connectivity index (χ1n) is 7.15. The van der Waals surface area contributed by atoms with Crippen molar-refractivity contribution < 1.29 is 14.4 Å². The minimum atomic E-state index is -0.493. The van der Waals surface area contributed by atoms with Crippen molar-refractivity contribution in [3.63, 3.8) is 0 Å². The number of aliphatic hydroxyl groups is 1. The number of methoxy groups -OCH3 is 1. The Morgan fingerprint density at radius 3 is 2.79 bits per heavy atom. The first-order valence-corrected chi connectivity index (χ1v) is 7.15. The van der Waals surface area contributed by atoms with E-state index in [9.17, 15) is 5.11 Å². The molecular weight excluding hydrogens is 244 g/mol. The minimum absolute atomic E-state index is 0.232. The zero-order chi connectivity index (χ0) is 13.9. The molecule has 0 bridgehead atoms. The summed E-state index contributed by atoms with van der Waals surface area (Å²) < 4.78 is 10.8. The van der Waals surface area contributed by atoms with Gasteiger partial charge in [-0.3, -0.25) is 0 Å². The summed E-state index contributed by atoms with van der Waals surface area (Å²) in [6.07, 6.45) is 5.43. The molecule has 0 aromatic carbocycles.